The molecule has 4 aromatic heterocycles. The van der Waals surface area contributed by atoms with E-state index in [9.17, 15) is 34.5 Å². The molecule has 5 saturated carbocycles. The van der Waals surface area contributed by atoms with E-state index in [1.54, 1.807) is 24.8 Å². The van der Waals surface area contributed by atoms with Gasteiger partial charge in [0.05, 0.1) is 96.8 Å². The van der Waals surface area contributed by atoms with E-state index in [0.717, 1.165) is 161 Å². The highest BCUT2D eigenvalue weighted by Crippen LogP contribution is 2.41. The number of amides is 4. The van der Waals surface area contributed by atoms with Gasteiger partial charge in [-0.05, 0) is 105 Å². The molecule has 4 aromatic carbocycles. The number of carbonyl (C=O) groups excluding carboxylic acids is 4. The average molecular weight is 1470 g/mol. The topological polar surface area (TPSA) is 300 Å². The van der Waals surface area contributed by atoms with E-state index in [1.807, 2.05) is 125 Å². The normalized spacial score (nSPS) is 16.3. The summed E-state index contributed by atoms with van der Waals surface area (Å²) >= 11 is 0. The first-order valence-corrected chi connectivity index (χ1v) is 40.0. The van der Waals surface area contributed by atoms with Gasteiger partial charge in [0.2, 0.25) is 23.6 Å². The van der Waals surface area contributed by atoms with Crippen LogP contribution in [0.5, 0.6) is 0 Å². The summed E-state index contributed by atoms with van der Waals surface area (Å²) in [6, 6.07) is 30.9. The van der Waals surface area contributed by atoms with Gasteiger partial charge >= 0.3 is 0 Å². The number of rotatable bonds is 22. The molecule has 5 aliphatic carbocycles. The second kappa shape index (κ2) is 42.0. The molecule has 8 N–H and O–H groups in total. The zero-order chi connectivity index (χ0) is 76.2. The van der Waals surface area contributed by atoms with Crippen molar-refractivity contribution in [2.75, 3.05) is 21.3 Å². The van der Waals surface area contributed by atoms with Crippen LogP contribution in [0.1, 0.15) is 283 Å². The molecule has 8 aromatic rings. The summed E-state index contributed by atoms with van der Waals surface area (Å²) in [6.07, 6.45) is 38.3. The monoisotopic (exact) mass is 1470 g/mol. The number of anilines is 4. The minimum atomic E-state index is -0.124. The highest BCUT2D eigenvalue weighted by atomic mass is 16.3. The lowest BCUT2D eigenvalue weighted by Crippen LogP contribution is -2.22. The zero-order valence-electron chi connectivity index (χ0n) is 64.2. The summed E-state index contributed by atoms with van der Waals surface area (Å²) < 4.78 is 0. The minimum Gasteiger partial charge on any atom is -0.392 e. The van der Waals surface area contributed by atoms with Gasteiger partial charge in [-0.3, -0.25) is 19.2 Å². The lowest BCUT2D eigenvalue weighted by atomic mass is 9.86. The molecule has 20 heteroatoms. The van der Waals surface area contributed by atoms with Crippen molar-refractivity contribution < 1.29 is 39.6 Å². The maximum atomic E-state index is 12.7. The Morgan fingerprint density at radius 3 is 0.907 bits per heavy atom. The molecule has 0 radical (unpaired) electrons. The van der Waals surface area contributed by atoms with Crippen molar-refractivity contribution in [3.63, 3.8) is 0 Å². The van der Waals surface area contributed by atoms with Gasteiger partial charge in [-0.15, -0.1) is 0 Å². The molecule has 5 aliphatic rings. The van der Waals surface area contributed by atoms with Crippen LogP contribution in [-0.2, 0) is 45.6 Å². The third kappa shape index (κ3) is 24.0. The van der Waals surface area contributed by atoms with Gasteiger partial charge in [0, 0.05) is 71.6 Å². The molecule has 4 heterocycles. The number of carbonyl (C=O) groups is 4. The van der Waals surface area contributed by atoms with Gasteiger partial charge in [-0.25, -0.2) is 39.9 Å². The maximum absolute atomic E-state index is 12.7. The first kappa shape index (κ1) is 81.4. The Balaban J connectivity index is 0.000000154. The third-order valence-electron chi connectivity index (χ3n) is 21.8. The lowest BCUT2D eigenvalue weighted by Gasteiger charge is -2.24. The van der Waals surface area contributed by atoms with Crippen molar-refractivity contribution in [3.8, 4) is 45.0 Å². The standard InChI is InChI=1S/C25H33N3O2.2C22H29N3O2.C19H23N3O2/c29-17-19-11-13-20(14-12-19)22-16-26-25(24(27-22)21-9-5-2-6-10-21)28-23(30)15-18-7-3-1-4-8-18;1-15(2)12-20(27)25-22-21(18-6-4-3-5-7-18)24-19(13-23-22)17-10-8-16(14-26)9-11-17;1-3-15(2)22(27)25-21-20(18-7-5-4-6-8-18)24-19(13-23-21)17-11-9-16(14-26)10-12-17;1-13(24)21-19-18(16-5-3-2-4-6-16)22-17(11-20-19)15-9-7-14(12-23)8-10-15/h11-14,16,18,21,29H,1-10,15,17H2,(H,26,28,30);8-11,13,15,18,26H,3-7,12,14H2,1-2H3,(H,23,25,27);9-13,15,18,26H,3-8,14H2,1-2H3,(H,23,25,27);7-11,16,23H,2-6,12H2,1H3,(H,20,21,24). The number of nitrogens with one attached hydrogen (secondary N) is 4. The fourth-order valence-electron chi connectivity index (χ4n) is 15.3. The Kier molecular flexibility index (Phi) is 31.7. The zero-order valence-corrected chi connectivity index (χ0v) is 64.2. The first-order valence-electron chi connectivity index (χ1n) is 40.0. The third-order valence-corrected chi connectivity index (χ3v) is 21.8. The molecule has 1 atom stereocenters. The first-order chi connectivity index (χ1) is 52.6. The fourth-order valence-corrected chi connectivity index (χ4v) is 15.3. The smallest absolute Gasteiger partial charge is 0.228 e. The highest BCUT2D eigenvalue weighted by molar-refractivity contribution is 5.93. The van der Waals surface area contributed by atoms with Crippen LogP contribution in [0.25, 0.3) is 45.0 Å². The van der Waals surface area contributed by atoms with Crippen molar-refractivity contribution in [3.05, 3.63) is 167 Å². The van der Waals surface area contributed by atoms with Crippen LogP contribution in [0, 0.1) is 17.8 Å². The van der Waals surface area contributed by atoms with Crippen LogP contribution < -0.4 is 21.3 Å². The number of aromatic nitrogens is 8. The average Bonchev–Trinajstić information content (AvgIpc) is 0.824. The summed E-state index contributed by atoms with van der Waals surface area (Å²) in [5, 5.41) is 48.8. The van der Waals surface area contributed by atoms with Crippen LogP contribution in [0.3, 0.4) is 0 Å². The lowest BCUT2D eigenvalue weighted by molar-refractivity contribution is -0.119. The van der Waals surface area contributed by atoms with Crippen LogP contribution in [0.2, 0.25) is 0 Å². The Bertz CT molecular complexity index is 4150. The molecule has 4 amide bonds. The van der Waals surface area contributed by atoms with E-state index in [1.165, 1.54) is 103 Å². The van der Waals surface area contributed by atoms with Crippen molar-refractivity contribution in [2.24, 2.45) is 17.8 Å². The summed E-state index contributed by atoms with van der Waals surface area (Å²) in [7, 11) is 0. The minimum absolute atomic E-state index is 0.00333. The van der Waals surface area contributed by atoms with Gasteiger partial charge in [0.25, 0.3) is 0 Å². The van der Waals surface area contributed by atoms with Gasteiger partial charge < -0.3 is 41.7 Å². The molecule has 5 fully saturated rings. The van der Waals surface area contributed by atoms with Gasteiger partial charge in [-0.2, -0.15) is 0 Å². The predicted octanol–water partition coefficient (Wildman–Crippen LogP) is 18.6. The fraction of sp³-hybridized carbons (Fsp3) is 0.500. The molecule has 20 nitrogen and oxygen atoms in total. The van der Waals surface area contributed by atoms with Gasteiger partial charge in [0.15, 0.2) is 23.3 Å². The van der Waals surface area contributed by atoms with Crippen LogP contribution >= 0.6 is 0 Å². The van der Waals surface area contributed by atoms with Crippen molar-refractivity contribution in [2.45, 2.75) is 265 Å². The predicted molar refractivity (Wildman–Crippen MR) is 427 cm³/mol. The second-order valence-corrected chi connectivity index (χ2v) is 30.6. The molecule has 0 spiro atoms. The summed E-state index contributed by atoms with van der Waals surface area (Å²) in [6.45, 7) is 9.62. The molecule has 0 aliphatic heterocycles. The quantitative estimate of drug-likeness (QED) is 0.0313. The van der Waals surface area contributed by atoms with Crippen LogP contribution in [-0.4, -0.2) is 83.9 Å². The van der Waals surface area contributed by atoms with Crippen molar-refractivity contribution in [1.82, 2.24) is 39.9 Å². The number of aliphatic hydroxyl groups is 4. The molecule has 13 rings (SSSR count). The van der Waals surface area contributed by atoms with E-state index in [4.69, 9.17) is 25.0 Å². The van der Waals surface area contributed by atoms with Crippen molar-refractivity contribution >= 4 is 46.9 Å². The number of aliphatic hydroxyl groups excluding tert-OH is 4. The number of benzene rings is 4. The molecular weight excluding hydrogens is 1350 g/mol. The second-order valence-electron chi connectivity index (χ2n) is 30.6. The maximum Gasteiger partial charge on any atom is 0.228 e. The van der Waals surface area contributed by atoms with E-state index >= 15 is 0 Å². The molecular formula is C88H114N12O8. The largest absolute Gasteiger partial charge is 0.392 e. The highest BCUT2D eigenvalue weighted by Gasteiger charge is 2.29. The molecule has 1 unspecified atom stereocenters. The van der Waals surface area contributed by atoms with Gasteiger partial charge in [-0.1, -0.05) is 221 Å². The summed E-state index contributed by atoms with van der Waals surface area (Å²) in [5.41, 5.74) is 14.3. The van der Waals surface area contributed by atoms with E-state index in [0.29, 0.717) is 71.6 Å². The SMILES string of the molecule is CC(=O)Nc1ncc(-c2ccc(CO)cc2)nc1C1CCCCC1.CC(C)CC(=O)Nc1ncc(-c2ccc(CO)cc2)nc1C1CCCCC1.CCC(C)C(=O)Nc1ncc(-c2ccc(CO)cc2)nc1C1CCCCC1.O=C(CC1CCCCC1)Nc1ncc(-c2ccc(CO)cc2)nc1C1CCCCC1. The summed E-state index contributed by atoms with van der Waals surface area (Å²) in [5.74, 6) is 4.58. The Labute approximate surface area is 638 Å². The molecule has 108 heavy (non-hydrogen) atoms. The number of hydrogen-bond donors (Lipinski definition) is 8. The molecule has 574 valence electrons. The Morgan fingerprint density at radius 1 is 0.370 bits per heavy atom. The number of nitrogens with zero attached hydrogens (tertiary/aromatic N) is 8. The van der Waals surface area contributed by atoms with E-state index in [2.05, 4.69) is 41.2 Å². The van der Waals surface area contributed by atoms with Gasteiger partial charge in [0.1, 0.15) is 0 Å². The van der Waals surface area contributed by atoms with Crippen LogP contribution in [0.4, 0.5) is 23.3 Å². The number of hydrogen-bond acceptors (Lipinski definition) is 16. The molecule has 0 bridgehead atoms. The summed E-state index contributed by atoms with van der Waals surface area (Å²) in [4.78, 5) is 86.8. The van der Waals surface area contributed by atoms with Crippen molar-refractivity contribution in [1.29, 1.82) is 0 Å². The van der Waals surface area contributed by atoms with E-state index in [-0.39, 0.29) is 56.0 Å². The molecule has 0 saturated heterocycles. The Morgan fingerprint density at radius 2 is 0.639 bits per heavy atom. The van der Waals surface area contributed by atoms with Crippen LogP contribution in [0.15, 0.2) is 122 Å². The van der Waals surface area contributed by atoms with E-state index < -0.39 is 0 Å². The Hall–Kier alpha value is -9.08.